The molecule has 11 heteroatoms. The normalized spacial score (nSPS) is 14.2. The third-order valence-corrected chi connectivity index (χ3v) is 6.39. The van der Waals surface area contributed by atoms with E-state index < -0.39 is 22.4 Å². The van der Waals surface area contributed by atoms with Crippen LogP contribution in [-0.2, 0) is 6.18 Å². The molecule has 0 aliphatic carbocycles. The molecule has 0 atom stereocenters. The summed E-state index contributed by atoms with van der Waals surface area (Å²) in [6.45, 7) is 1.03. The van der Waals surface area contributed by atoms with E-state index in [0.717, 1.165) is 17.0 Å². The fourth-order valence-electron chi connectivity index (χ4n) is 3.67. The fraction of sp³-hybridized carbons (Fsp3) is 0.217. The maximum atomic E-state index is 13.2. The molecule has 0 unspecified atom stereocenters. The molecule has 2 aromatic carbocycles. The SMILES string of the molecule is O=C(c1cccnc1Sc1ccccc1)N1CCN(c2ccc(C(F)(F)F)cc2[N+](=O)[O-])CC1. The molecule has 2 heterocycles. The lowest BCUT2D eigenvalue weighted by Gasteiger charge is -2.36. The predicted octanol–water partition coefficient (Wildman–Crippen LogP) is 5.12. The molecule has 0 radical (unpaired) electrons. The van der Waals surface area contributed by atoms with Crippen LogP contribution >= 0.6 is 11.8 Å². The molecule has 1 aromatic heterocycles. The first-order valence-electron chi connectivity index (χ1n) is 10.3. The summed E-state index contributed by atoms with van der Waals surface area (Å²) in [5, 5.41) is 12.0. The van der Waals surface area contributed by atoms with Crippen LogP contribution in [-0.4, -0.2) is 46.9 Å². The quantitative estimate of drug-likeness (QED) is 0.366. The summed E-state index contributed by atoms with van der Waals surface area (Å²) >= 11 is 1.38. The van der Waals surface area contributed by atoms with Gasteiger partial charge in [0.1, 0.15) is 10.7 Å². The van der Waals surface area contributed by atoms with Crippen LogP contribution in [0.1, 0.15) is 15.9 Å². The number of aromatic nitrogens is 1. The van der Waals surface area contributed by atoms with Crippen LogP contribution < -0.4 is 4.90 Å². The number of nitro benzene ring substituents is 1. The van der Waals surface area contributed by atoms with Crippen molar-refractivity contribution in [2.45, 2.75) is 16.1 Å². The van der Waals surface area contributed by atoms with Crippen LogP contribution in [0.4, 0.5) is 24.5 Å². The molecule has 0 spiro atoms. The Balaban J connectivity index is 1.49. The number of piperazine rings is 1. The van der Waals surface area contributed by atoms with Gasteiger partial charge < -0.3 is 9.80 Å². The van der Waals surface area contributed by atoms with Crippen molar-refractivity contribution in [2.24, 2.45) is 0 Å². The van der Waals surface area contributed by atoms with Gasteiger partial charge >= 0.3 is 6.18 Å². The Morgan fingerprint density at radius 1 is 1.00 bits per heavy atom. The first kappa shape index (κ1) is 23.6. The van der Waals surface area contributed by atoms with Crippen LogP contribution in [0.3, 0.4) is 0 Å². The van der Waals surface area contributed by atoms with E-state index in [1.807, 2.05) is 30.3 Å². The van der Waals surface area contributed by atoms with Crippen molar-refractivity contribution >= 4 is 29.0 Å². The van der Waals surface area contributed by atoms with Crippen molar-refractivity contribution in [3.63, 3.8) is 0 Å². The van der Waals surface area contributed by atoms with Crippen molar-refractivity contribution in [2.75, 3.05) is 31.1 Å². The second kappa shape index (κ2) is 9.72. The lowest BCUT2D eigenvalue weighted by molar-refractivity contribution is -0.384. The minimum atomic E-state index is -4.67. The summed E-state index contributed by atoms with van der Waals surface area (Å²) in [5.74, 6) is -0.215. The number of carbonyl (C=O) groups is 1. The predicted molar refractivity (Wildman–Crippen MR) is 121 cm³/mol. The highest BCUT2D eigenvalue weighted by molar-refractivity contribution is 7.99. The number of nitro groups is 1. The highest BCUT2D eigenvalue weighted by atomic mass is 32.2. The lowest BCUT2D eigenvalue weighted by Crippen LogP contribution is -2.49. The van der Waals surface area contributed by atoms with Crippen LogP contribution in [0.2, 0.25) is 0 Å². The van der Waals surface area contributed by atoms with Gasteiger partial charge in [0.25, 0.3) is 11.6 Å². The Morgan fingerprint density at radius 3 is 2.35 bits per heavy atom. The van der Waals surface area contributed by atoms with Crippen LogP contribution in [0.25, 0.3) is 0 Å². The molecule has 0 N–H and O–H groups in total. The Morgan fingerprint density at radius 2 is 1.71 bits per heavy atom. The van der Waals surface area contributed by atoms with Crippen LogP contribution in [0.15, 0.2) is 76.8 Å². The molecular weight excluding hydrogens is 469 g/mol. The van der Waals surface area contributed by atoms with Gasteiger partial charge in [0, 0.05) is 43.3 Å². The van der Waals surface area contributed by atoms with E-state index in [1.165, 1.54) is 11.8 Å². The number of amides is 1. The highest BCUT2D eigenvalue weighted by Gasteiger charge is 2.34. The molecular formula is C23H19F3N4O3S. The number of halogens is 3. The minimum absolute atomic E-state index is 0.104. The summed E-state index contributed by atoms with van der Waals surface area (Å²) in [7, 11) is 0. The highest BCUT2D eigenvalue weighted by Crippen LogP contribution is 2.37. The van der Waals surface area contributed by atoms with Gasteiger partial charge in [-0.15, -0.1) is 0 Å². The van der Waals surface area contributed by atoms with Gasteiger partial charge in [-0.2, -0.15) is 13.2 Å². The third-order valence-electron chi connectivity index (χ3n) is 5.37. The number of benzene rings is 2. The van der Waals surface area contributed by atoms with E-state index in [2.05, 4.69) is 4.98 Å². The Kier molecular flexibility index (Phi) is 6.73. The number of rotatable bonds is 5. The van der Waals surface area contributed by atoms with E-state index in [0.29, 0.717) is 16.7 Å². The van der Waals surface area contributed by atoms with E-state index in [-0.39, 0.29) is 37.8 Å². The Bertz CT molecular complexity index is 1200. The van der Waals surface area contributed by atoms with Gasteiger partial charge in [0.15, 0.2) is 0 Å². The number of alkyl halides is 3. The van der Waals surface area contributed by atoms with Gasteiger partial charge in [-0.25, -0.2) is 4.98 Å². The van der Waals surface area contributed by atoms with Gasteiger partial charge in [-0.3, -0.25) is 14.9 Å². The smallest absolute Gasteiger partial charge is 0.362 e. The van der Waals surface area contributed by atoms with E-state index in [1.54, 1.807) is 28.1 Å². The molecule has 7 nitrogen and oxygen atoms in total. The maximum absolute atomic E-state index is 13.2. The van der Waals surface area contributed by atoms with Gasteiger partial charge in [-0.05, 0) is 36.4 Å². The molecule has 176 valence electrons. The van der Waals surface area contributed by atoms with Crippen molar-refractivity contribution in [1.82, 2.24) is 9.88 Å². The van der Waals surface area contributed by atoms with Gasteiger partial charge in [-0.1, -0.05) is 30.0 Å². The number of anilines is 1. The summed E-state index contributed by atoms with van der Waals surface area (Å²) in [6.07, 6.45) is -3.06. The largest absolute Gasteiger partial charge is 0.416 e. The molecule has 3 aromatic rings. The van der Waals surface area contributed by atoms with E-state index >= 15 is 0 Å². The zero-order chi connectivity index (χ0) is 24.3. The zero-order valence-electron chi connectivity index (χ0n) is 17.7. The average Bonchev–Trinajstić information content (AvgIpc) is 2.84. The van der Waals surface area contributed by atoms with Gasteiger partial charge in [0.2, 0.25) is 0 Å². The average molecular weight is 488 g/mol. The van der Waals surface area contributed by atoms with E-state index in [4.69, 9.17) is 0 Å². The maximum Gasteiger partial charge on any atom is 0.416 e. The molecule has 1 fully saturated rings. The third kappa shape index (κ3) is 5.14. The second-order valence-electron chi connectivity index (χ2n) is 7.51. The lowest BCUT2D eigenvalue weighted by atomic mass is 10.1. The molecule has 0 saturated carbocycles. The molecule has 1 aliphatic heterocycles. The van der Waals surface area contributed by atoms with Crippen LogP contribution in [0.5, 0.6) is 0 Å². The first-order chi connectivity index (χ1) is 16.2. The summed E-state index contributed by atoms with van der Waals surface area (Å²) < 4.78 is 39.0. The second-order valence-corrected chi connectivity index (χ2v) is 8.57. The fourth-order valence-corrected chi connectivity index (χ4v) is 4.56. The molecule has 4 rings (SSSR count). The molecule has 1 saturated heterocycles. The van der Waals surface area contributed by atoms with Crippen molar-refractivity contribution < 1.29 is 22.9 Å². The molecule has 1 aliphatic rings. The number of nitrogens with zero attached hydrogens (tertiary/aromatic N) is 4. The standard InChI is InChI=1S/C23H19F3N4O3S/c24-23(25,26)16-8-9-19(20(15-16)30(32)33)28-11-13-29(14-12-28)22(31)18-7-4-10-27-21(18)34-17-5-2-1-3-6-17/h1-10,15H,11-14H2. The zero-order valence-corrected chi connectivity index (χ0v) is 18.6. The minimum Gasteiger partial charge on any atom is -0.362 e. The van der Waals surface area contributed by atoms with Gasteiger partial charge in [0.05, 0.1) is 16.1 Å². The Labute approximate surface area is 197 Å². The van der Waals surface area contributed by atoms with Crippen LogP contribution in [0, 0.1) is 10.1 Å². The Hall–Kier alpha value is -3.60. The number of hydrogen-bond acceptors (Lipinski definition) is 6. The monoisotopic (exact) mass is 488 g/mol. The number of hydrogen-bond donors (Lipinski definition) is 0. The van der Waals surface area contributed by atoms with E-state index in [9.17, 15) is 28.1 Å². The first-order valence-corrected chi connectivity index (χ1v) is 11.1. The van der Waals surface area contributed by atoms with Crippen molar-refractivity contribution in [3.8, 4) is 0 Å². The molecule has 0 bridgehead atoms. The summed E-state index contributed by atoms with van der Waals surface area (Å²) in [4.78, 5) is 32.4. The summed E-state index contributed by atoms with van der Waals surface area (Å²) in [6, 6.07) is 15.4. The van der Waals surface area contributed by atoms with Crippen molar-refractivity contribution in [3.05, 3.63) is 88.1 Å². The summed E-state index contributed by atoms with van der Waals surface area (Å²) in [5.41, 5.74) is -1.13. The number of pyridine rings is 1. The molecule has 34 heavy (non-hydrogen) atoms. The number of carbonyl (C=O) groups excluding carboxylic acids is 1. The van der Waals surface area contributed by atoms with Crippen molar-refractivity contribution in [1.29, 1.82) is 0 Å². The topological polar surface area (TPSA) is 79.6 Å². The molecule has 1 amide bonds.